The van der Waals surface area contributed by atoms with Crippen LogP contribution in [0.4, 0.5) is 5.69 Å². The van der Waals surface area contributed by atoms with E-state index >= 15 is 0 Å². The van der Waals surface area contributed by atoms with Gasteiger partial charge in [0.05, 0.1) is 9.40 Å². The molecule has 100 valence electrons. The van der Waals surface area contributed by atoms with Crippen LogP contribution in [-0.2, 0) is 6.42 Å². The maximum atomic E-state index is 10.9. The van der Waals surface area contributed by atoms with Crippen LogP contribution in [0.3, 0.4) is 0 Å². The highest BCUT2D eigenvalue weighted by Crippen LogP contribution is 2.32. The van der Waals surface area contributed by atoms with Crippen molar-refractivity contribution in [1.82, 2.24) is 0 Å². The summed E-state index contributed by atoms with van der Waals surface area (Å²) in [4.78, 5) is 10.5. The average Bonchev–Trinajstić information content (AvgIpc) is 2.26. The Kier molecular flexibility index (Phi) is 5.60. The van der Waals surface area contributed by atoms with E-state index in [-0.39, 0.29) is 16.0 Å². The maximum Gasteiger partial charge on any atom is 0.283 e. The van der Waals surface area contributed by atoms with Gasteiger partial charge in [-0.05, 0) is 46.7 Å². The van der Waals surface area contributed by atoms with Gasteiger partial charge >= 0.3 is 0 Å². The summed E-state index contributed by atoms with van der Waals surface area (Å²) >= 11 is 9.52. The number of nitro benzene ring substituents is 1. The van der Waals surface area contributed by atoms with Crippen LogP contribution in [0.5, 0.6) is 0 Å². The third-order valence-electron chi connectivity index (χ3n) is 3.16. The van der Waals surface area contributed by atoms with Gasteiger partial charge in [0.25, 0.3) is 5.69 Å². The largest absolute Gasteiger partial charge is 0.283 e. The number of hydrogen-bond acceptors (Lipinski definition) is 2. The molecule has 0 aromatic heterocycles. The van der Waals surface area contributed by atoms with Gasteiger partial charge in [-0.1, -0.05) is 26.0 Å². The zero-order valence-electron chi connectivity index (χ0n) is 10.7. The standard InChI is InChI=1S/C13H17BrClNO2/c1-8(2)11(9(3)15)7-10-5-4-6-12(13(10)14)16(17)18/h4-6,8-9,11H,7H2,1-3H3. The van der Waals surface area contributed by atoms with Crippen molar-refractivity contribution in [3.8, 4) is 0 Å². The predicted molar refractivity (Wildman–Crippen MR) is 78.1 cm³/mol. The summed E-state index contributed by atoms with van der Waals surface area (Å²) in [6.07, 6.45) is 0.741. The fourth-order valence-corrected chi connectivity index (χ4v) is 3.00. The molecule has 0 saturated carbocycles. The summed E-state index contributed by atoms with van der Waals surface area (Å²) in [6.45, 7) is 6.21. The molecule has 0 spiro atoms. The number of alkyl halides is 1. The molecule has 0 radical (unpaired) electrons. The van der Waals surface area contributed by atoms with Crippen molar-refractivity contribution in [2.75, 3.05) is 0 Å². The minimum atomic E-state index is -0.373. The van der Waals surface area contributed by atoms with Crippen molar-refractivity contribution < 1.29 is 4.92 Å². The second-order valence-electron chi connectivity index (χ2n) is 4.80. The number of benzene rings is 1. The van der Waals surface area contributed by atoms with Crippen LogP contribution in [-0.4, -0.2) is 10.3 Å². The Bertz CT molecular complexity index is 427. The summed E-state index contributed by atoms with van der Waals surface area (Å²) in [6, 6.07) is 5.13. The quantitative estimate of drug-likeness (QED) is 0.441. The van der Waals surface area contributed by atoms with E-state index in [1.807, 2.05) is 13.0 Å². The van der Waals surface area contributed by atoms with E-state index < -0.39 is 0 Å². The van der Waals surface area contributed by atoms with Gasteiger partial charge in [0.2, 0.25) is 0 Å². The fraction of sp³-hybridized carbons (Fsp3) is 0.538. The highest BCUT2D eigenvalue weighted by Gasteiger charge is 2.23. The van der Waals surface area contributed by atoms with Crippen molar-refractivity contribution in [1.29, 1.82) is 0 Å². The third-order valence-corrected chi connectivity index (χ3v) is 4.40. The number of hydrogen-bond donors (Lipinski definition) is 0. The lowest BCUT2D eigenvalue weighted by Gasteiger charge is -2.23. The van der Waals surface area contributed by atoms with Gasteiger partial charge < -0.3 is 0 Å². The molecule has 18 heavy (non-hydrogen) atoms. The first-order valence-electron chi connectivity index (χ1n) is 5.90. The molecule has 1 aromatic carbocycles. The van der Waals surface area contributed by atoms with E-state index in [0.717, 1.165) is 12.0 Å². The first-order valence-corrected chi connectivity index (χ1v) is 7.13. The molecule has 2 atom stereocenters. The number of rotatable bonds is 5. The van der Waals surface area contributed by atoms with Crippen LogP contribution < -0.4 is 0 Å². The van der Waals surface area contributed by atoms with Crippen molar-refractivity contribution in [3.63, 3.8) is 0 Å². The Hall–Kier alpha value is -0.610. The summed E-state index contributed by atoms with van der Waals surface area (Å²) in [5, 5.41) is 10.9. The molecular formula is C13H17BrClNO2. The molecule has 3 nitrogen and oxygen atoms in total. The van der Waals surface area contributed by atoms with Gasteiger partial charge in [-0.3, -0.25) is 10.1 Å². The van der Waals surface area contributed by atoms with E-state index in [4.69, 9.17) is 11.6 Å². The maximum absolute atomic E-state index is 10.9. The first-order chi connectivity index (χ1) is 8.34. The summed E-state index contributed by atoms with van der Waals surface area (Å²) in [5.41, 5.74) is 1.05. The van der Waals surface area contributed by atoms with E-state index in [0.29, 0.717) is 16.3 Å². The molecule has 0 heterocycles. The Morgan fingerprint density at radius 2 is 2.00 bits per heavy atom. The number of nitrogens with zero attached hydrogens (tertiary/aromatic N) is 1. The Balaban J connectivity index is 3.04. The minimum Gasteiger partial charge on any atom is -0.258 e. The van der Waals surface area contributed by atoms with E-state index in [1.165, 1.54) is 6.07 Å². The predicted octanol–water partition coefficient (Wildman–Crippen LogP) is 4.80. The number of halogens is 2. The molecule has 0 fully saturated rings. The molecule has 0 N–H and O–H groups in total. The Morgan fingerprint density at radius 3 is 2.44 bits per heavy atom. The van der Waals surface area contributed by atoms with Crippen molar-refractivity contribution >= 4 is 33.2 Å². The van der Waals surface area contributed by atoms with Crippen molar-refractivity contribution in [2.24, 2.45) is 11.8 Å². The smallest absolute Gasteiger partial charge is 0.258 e. The lowest BCUT2D eigenvalue weighted by atomic mass is 9.87. The van der Waals surface area contributed by atoms with Crippen LogP contribution in [0, 0.1) is 22.0 Å². The SMILES string of the molecule is CC(C)C(Cc1cccc([N+](=O)[O-])c1Br)C(C)Cl. The van der Waals surface area contributed by atoms with Gasteiger partial charge in [0.1, 0.15) is 0 Å². The zero-order valence-corrected chi connectivity index (χ0v) is 13.0. The highest BCUT2D eigenvalue weighted by molar-refractivity contribution is 9.10. The van der Waals surface area contributed by atoms with E-state index in [1.54, 1.807) is 6.07 Å². The van der Waals surface area contributed by atoms with Crippen molar-refractivity contribution in [2.45, 2.75) is 32.6 Å². The van der Waals surface area contributed by atoms with E-state index in [9.17, 15) is 10.1 Å². The summed E-state index contributed by atoms with van der Waals surface area (Å²) in [5.74, 6) is 0.730. The fourth-order valence-electron chi connectivity index (χ4n) is 2.05. The van der Waals surface area contributed by atoms with Crippen LogP contribution in [0.15, 0.2) is 22.7 Å². The second-order valence-corrected chi connectivity index (χ2v) is 6.28. The summed E-state index contributed by atoms with van der Waals surface area (Å²) in [7, 11) is 0. The van der Waals surface area contributed by atoms with Crippen LogP contribution in [0.1, 0.15) is 26.3 Å². The molecule has 0 bridgehead atoms. The number of nitro groups is 1. The zero-order chi connectivity index (χ0) is 13.9. The van der Waals surface area contributed by atoms with Crippen molar-refractivity contribution in [3.05, 3.63) is 38.3 Å². The molecular weight excluding hydrogens is 318 g/mol. The topological polar surface area (TPSA) is 43.1 Å². The van der Waals surface area contributed by atoms with Gasteiger partial charge in [0, 0.05) is 11.4 Å². The molecule has 0 aliphatic heterocycles. The molecule has 5 heteroatoms. The molecule has 0 aliphatic carbocycles. The summed E-state index contributed by atoms with van der Waals surface area (Å²) < 4.78 is 0.568. The van der Waals surface area contributed by atoms with Gasteiger partial charge in [-0.15, -0.1) is 11.6 Å². The molecule has 0 saturated heterocycles. The van der Waals surface area contributed by atoms with Gasteiger partial charge in [0.15, 0.2) is 0 Å². The normalized spacial score (nSPS) is 14.6. The Morgan fingerprint density at radius 1 is 1.39 bits per heavy atom. The van der Waals surface area contributed by atoms with Crippen LogP contribution >= 0.6 is 27.5 Å². The van der Waals surface area contributed by atoms with Gasteiger partial charge in [-0.2, -0.15) is 0 Å². The molecule has 1 aromatic rings. The average molecular weight is 335 g/mol. The molecule has 0 amide bonds. The van der Waals surface area contributed by atoms with Crippen LogP contribution in [0.2, 0.25) is 0 Å². The lowest BCUT2D eigenvalue weighted by Crippen LogP contribution is -2.21. The lowest BCUT2D eigenvalue weighted by molar-refractivity contribution is -0.385. The second kappa shape index (κ2) is 6.53. The first kappa shape index (κ1) is 15.4. The Labute approximate surface area is 121 Å². The van der Waals surface area contributed by atoms with E-state index in [2.05, 4.69) is 29.8 Å². The monoisotopic (exact) mass is 333 g/mol. The molecule has 0 aliphatic rings. The van der Waals surface area contributed by atoms with Crippen LogP contribution in [0.25, 0.3) is 0 Å². The molecule has 1 rings (SSSR count). The highest BCUT2D eigenvalue weighted by atomic mass is 79.9. The van der Waals surface area contributed by atoms with Gasteiger partial charge in [-0.25, -0.2) is 0 Å². The molecule has 2 unspecified atom stereocenters. The third kappa shape index (κ3) is 3.69. The minimum absolute atomic E-state index is 0.0381.